The van der Waals surface area contributed by atoms with Gasteiger partial charge in [0.2, 0.25) is 0 Å². The quantitative estimate of drug-likeness (QED) is 0.660. The molecule has 2 amide bonds. The van der Waals surface area contributed by atoms with Crippen LogP contribution in [0.4, 0.5) is 0 Å². The van der Waals surface area contributed by atoms with Crippen LogP contribution < -0.4 is 15.6 Å². The van der Waals surface area contributed by atoms with Crippen LogP contribution in [-0.4, -0.2) is 23.1 Å². The maximum Gasteiger partial charge on any atom is 0.279 e. The molecule has 0 saturated carbocycles. The summed E-state index contributed by atoms with van der Waals surface area (Å²) in [5, 5.41) is 5.93. The first-order valence-corrected chi connectivity index (χ1v) is 9.08. The number of hydrazine groups is 1. The van der Waals surface area contributed by atoms with Crippen LogP contribution in [0.15, 0.2) is 47.0 Å². The highest BCUT2D eigenvalue weighted by molar-refractivity contribution is 5.97. The molecule has 28 heavy (non-hydrogen) atoms. The molecule has 0 fully saturated rings. The minimum atomic E-state index is -0.797. The number of nitrogens with zero attached hydrogens (tertiary/aromatic N) is 1. The number of nitrogens with one attached hydrogen (secondary N) is 2. The second-order valence-corrected chi connectivity index (χ2v) is 6.87. The molecule has 2 aromatic carbocycles. The summed E-state index contributed by atoms with van der Waals surface area (Å²) >= 11 is 0. The molecule has 7 heteroatoms. The highest BCUT2D eigenvalue weighted by Gasteiger charge is 2.23. The summed E-state index contributed by atoms with van der Waals surface area (Å²) in [6.07, 6.45) is -0.797. The van der Waals surface area contributed by atoms with E-state index in [0.29, 0.717) is 22.8 Å². The molecule has 1 heterocycles. The molecule has 0 aliphatic rings. The molecule has 146 valence electrons. The van der Waals surface area contributed by atoms with Gasteiger partial charge in [0, 0.05) is 5.92 Å². The molecule has 3 aromatic rings. The van der Waals surface area contributed by atoms with Crippen LogP contribution in [0.3, 0.4) is 0 Å². The fourth-order valence-corrected chi connectivity index (χ4v) is 2.84. The molecule has 0 aliphatic heterocycles. The van der Waals surface area contributed by atoms with Gasteiger partial charge in [-0.15, -0.1) is 0 Å². The fraction of sp³-hybridized carbons (Fsp3) is 0.286. The van der Waals surface area contributed by atoms with Crippen molar-refractivity contribution in [1.82, 2.24) is 16.0 Å². The second kappa shape index (κ2) is 8.12. The Hall–Kier alpha value is -3.35. The van der Waals surface area contributed by atoms with Gasteiger partial charge in [-0.1, -0.05) is 49.3 Å². The summed E-state index contributed by atoms with van der Waals surface area (Å²) in [7, 11) is 0. The van der Waals surface area contributed by atoms with E-state index in [1.54, 1.807) is 19.9 Å². The Morgan fingerprint density at radius 1 is 1.04 bits per heavy atom. The molecule has 0 aliphatic carbocycles. The van der Waals surface area contributed by atoms with Crippen LogP contribution in [-0.2, 0) is 4.79 Å². The number of rotatable bonds is 5. The predicted octanol–water partition coefficient (Wildman–Crippen LogP) is 3.49. The fourth-order valence-electron chi connectivity index (χ4n) is 2.84. The number of hydrogen-bond acceptors (Lipinski definition) is 5. The van der Waals surface area contributed by atoms with Crippen molar-refractivity contribution in [1.29, 1.82) is 0 Å². The van der Waals surface area contributed by atoms with Crippen LogP contribution in [0.1, 0.15) is 48.5 Å². The van der Waals surface area contributed by atoms with E-state index in [1.807, 2.05) is 50.2 Å². The van der Waals surface area contributed by atoms with Crippen LogP contribution in [0.25, 0.3) is 10.8 Å². The van der Waals surface area contributed by atoms with E-state index in [1.165, 1.54) is 0 Å². The molecule has 1 unspecified atom stereocenters. The summed E-state index contributed by atoms with van der Waals surface area (Å²) in [6, 6.07) is 13.5. The summed E-state index contributed by atoms with van der Waals surface area (Å²) in [5.74, 6) is 0.0950. The number of amides is 2. The summed E-state index contributed by atoms with van der Waals surface area (Å²) in [4.78, 5) is 24.7. The maximum absolute atomic E-state index is 12.4. The van der Waals surface area contributed by atoms with Crippen molar-refractivity contribution < 1.29 is 18.8 Å². The second-order valence-electron chi connectivity index (χ2n) is 6.87. The third-order valence-electron chi connectivity index (χ3n) is 4.34. The number of benzene rings is 2. The van der Waals surface area contributed by atoms with E-state index in [2.05, 4.69) is 16.0 Å². The van der Waals surface area contributed by atoms with Gasteiger partial charge in [0.25, 0.3) is 11.8 Å². The standard InChI is InChI=1S/C21H23N3O4/c1-12(2)19-18(13(3)24-28-19)21(26)23-22-20(25)14(4)27-17-10-9-15-7-5-6-8-16(15)11-17/h5-12,14H,1-4H3,(H,22,25)(H,23,26). The van der Waals surface area contributed by atoms with Crippen LogP contribution in [0, 0.1) is 6.92 Å². The highest BCUT2D eigenvalue weighted by atomic mass is 16.5. The van der Waals surface area contributed by atoms with Gasteiger partial charge in [0.15, 0.2) is 11.9 Å². The third-order valence-corrected chi connectivity index (χ3v) is 4.34. The van der Waals surface area contributed by atoms with Crippen molar-refractivity contribution >= 4 is 22.6 Å². The largest absolute Gasteiger partial charge is 0.481 e. The van der Waals surface area contributed by atoms with Gasteiger partial charge in [0.1, 0.15) is 11.3 Å². The predicted molar refractivity (Wildman–Crippen MR) is 105 cm³/mol. The number of aryl methyl sites for hydroxylation is 1. The average molecular weight is 381 g/mol. The maximum atomic E-state index is 12.4. The number of carbonyl (C=O) groups excluding carboxylic acids is 2. The monoisotopic (exact) mass is 381 g/mol. The first-order chi connectivity index (χ1) is 13.4. The Bertz CT molecular complexity index is 1010. The molecular formula is C21H23N3O4. The van der Waals surface area contributed by atoms with E-state index < -0.39 is 17.9 Å². The zero-order chi connectivity index (χ0) is 20.3. The third kappa shape index (κ3) is 4.14. The van der Waals surface area contributed by atoms with Gasteiger partial charge in [-0.2, -0.15) is 0 Å². The summed E-state index contributed by atoms with van der Waals surface area (Å²) in [5.41, 5.74) is 5.59. The number of fused-ring (bicyclic) bond motifs is 1. The number of carbonyl (C=O) groups is 2. The van der Waals surface area contributed by atoms with Crippen molar-refractivity contribution in [2.75, 3.05) is 0 Å². The molecule has 1 atom stereocenters. The smallest absolute Gasteiger partial charge is 0.279 e. The highest BCUT2D eigenvalue weighted by Crippen LogP contribution is 2.22. The van der Waals surface area contributed by atoms with Crippen LogP contribution >= 0.6 is 0 Å². The molecule has 3 rings (SSSR count). The summed E-state index contributed by atoms with van der Waals surface area (Å²) in [6.45, 7) is 7.09. The SMILES string of the molecule is Cc1noc(C(C)C)c1C(=O)NNC(=O)C(C)Oc1ccc2ccccc2c1. The van der Waals surface area contributed by atoms with Crippen LogP contribution in [0.2, 0.25) is 0 Å². The summed E-state index contributed by atoms with van der Waals surface area (Å²) < 4.78 is 10.9. The molecule has 0 saturated heterocycles. The van der Waals surface area contributed by atoms with E-state index in [9.17, 15) is 9.59 Å². The Kier molecular flexibility index (Phi) is 5.63. The molecule has 0 radical (unpaired) electrons. The Morgan fingerprint density at radius 3 is 2.46 bits per heavy atom. The topological polar surface area (TPSA) is 93.5 Å². The van der Waals surface area contributed by atoms with E-state index in [4.69, 9.17) is 9.26 Å². The van der Waals surface area contributed by atoms with Crippen LogP contribution in [0.5, 0.6) is 5.75 Å². The van der Waals surface area contributed by atoms with E-state index >= 15 is 0 Å². The Labute approximate surface area is 163 Å². The van der Waals surface area contributed by atoms with Crippen molar-refractivity contribution in [2.24, 2.45) is 0 Å². The Balaban J connectivity index is 1.61. The lowest BCUT2D eigenvalue weighted by molar-refractivity contribution is -0.128. The number of hydrogen-bond donors (Lipinski definition) is 2. The lowest BCUT2D eigenvalue weighted by atomic mass is 10.1. The Morgan fingerprint density at radius 2 is 1.75 bits per heavy atom. The van der Waals surface area contributed by atoms with Crippen molar-refractivity contribution in [3.05, 3.63) is 59.5 Å². The zero-order valence-electron chi connectivity index (χ0n) is 16.3. The van der Waals surface area contributed by atoms with Gasteiger partial charge >= 0.3 is 0 Å². The number of ether oxygens (including phenoxy) is 1. The average Bonchev–Trinajstić information content (AvgIpc) is 3.07. The zero-order valence-corrected chi connectivity index (χ0v) is 16.3. The molecular weight excluding hydrogens is 358 g/mol. The van der Waals surface area contributed by atoms with Crippen molar-refractivity contribution in [3.63, 3.8) is 0 Å². The van der Waals surface area contributed by atoms with Crippen molar-refractivity contribution in [2.45, 2.75) is 39.7 Å². The van der Waals surface area contributed by atoms with Gasteiger partial charge in [0.05, 0.1) is 5.69 Å². The molecule has 2 N–H and O–H groups in total. The first kappa shape index (κ1) is 19.4. The van der Waals surface area contributed by atoms with Gasteiger partial charge in [-0.25, -0.2) is 0 Å². The lowest BCUT2D eigenvalue weighted by Gasteiger charge is -2.15. The normalized spacial score (nSPS) is 12.0. The first-order valence-electron chi connectivity index (χ1n) is 9.08. The van der Waals surface area contributed by atoms with Crippen molar-refractivity contribution in [3.8, 4) is 5.75 Å². The molecule has 0 spiro atoms. The minimum Gasteiger partial charge on any atom is -0.481 e. The van der Waals surface area contributed by atoms with E-state index in [-0.39, 0.29) is 5.92 Å². The molecule has 7 nitrogen and oxygen atoms in total. The minimum absolute atomic E-state index is 0.00666. The lowest BCUT2D eigenvalue weighted by Crippen LogP contribution is -2.47. The van der Waals surface area contributed by atoms with Gasteiger partial charge in [-0.3, -0.25) is 20.4 Å². The van der Waals surface area contributed by atoms with Gasteiger partial charge in [-0.05, 0) is 36.8 Å². The molecule has 0 bridgehead atoms. The van der Waals surface area contributed by atoms with E-state index in [0.717, 1.165) is 10.8 Å². The number of aromatic nitrogens is 1. The van der Waals surface area contributed by atoms with Gasteiger partial charge < -0.3 is 9.26 Å². The molecule has 1 aromatic heterocycles.